The van der Waals surface area contributed by atoms with Crippen LogP contribution < -0.4 is 5.32 Å². The van der Waals surface area contributed by atoms with Gasteiger partial charge in [0.15, 0.2) is 0 Å². The van der Waals surface area contributed by atoms with Crippen molar-refractivity contribution in [2.24, 2.45) is 0 Å². The van der Waals surface area contributed by atoms with Crippen molar-refractivity contribution in [2.45, 2.75) is 44.6 Å². The Hall–Kier alpha value is -1.95. The highest BCUT2D eigenvalue weighted by atomic mass is 16.5. The van der Waals surface area contributed by atoms with Gasteiger partial charge in [-0.15, -0.1) is 0 Å². The summed E-state index contributed by atoms with van der Waals surface area (Å²) in [5.74, 6) is 0.526. The largest absolute Gasteiger partial charge is 0.339 e. The van der Waals surface area contributed by atoms with Crippen LogP contribution in [0.5, 0.6) is 0 Å². The molecule has 1 amide bonds. The van der Waals surface area contributed by atoms with Gasteiger partial charge in [0.05, 0.1) is 16.6 Å². The Bertz CT molecular complexity index is 744. The fourth-order valence-electron chi connectivity index (χ4n) is 3.42. The second kappa shape index (κ2) is 5.60. The minimum atomic E-state index is 0.0532. The first-order valence-corrected chi connectivity index (χ1v) is 8.40. The van der Waals surface area contributed by atoms with Gasteiger partial charge >= 0.3 is 0 Å². The first kappa shape index (κ1) is 14.6. The lowest BCUT2D eigenvalue weighted by atomic mass is 10.0. The lowest BCUT2D eigenvalue weighted by molar-refractivity contribution is 0.0705. The van der Waals surface area contributed by atoms with Crippen molar-refractivity contribution in [3.63, 3.8) is 0 Å². The molecule has 6 heteroatoms. The van der Waals surface area contributed by atoms with Gasteiger partial charge in [0.1, 0.15) is 0 Å². The van der Waals surface area contributed by atoms with E-state index in [0.29, 0.717) is 17.2 Å². The van der Waals surface area contributed by atoms with Crippen LogP contribution in [0.1, 0.15) is 53.3 Å². The molecule has 1 aliphatic carbocycles. The molecular weight excluding hydrogens is 292 g/mol. The lowest BCUT2D eigenvalue weighted by Crippen LogP contribution is -2.44. The zero-order valence-electron chi connectivity index (χ0n) is 13.6. The van der Waals surface area contributed by atoms with E-state index in [-0.39, 0.29) is 11.9 Å². The molecule has 2 aromatic heterocycles. The molecule has 1 aliphatic heterocycles. The molecule has 0 radical (unpaired) electrons. The van der Waals surface area contributed by atoms with Crippen molar-refractivity contribution < 1.29 is 9.32 Å². The third-order valence-electron chi connectivity index (χ3n) is 5.04. The Morgan fingerprint density at radius 2 is 2.04 bits per heavy atom. The first-order valence-electron chi connectivity index (χ1n) is 8.40. The average Bonchev–Trinajstić information content (AvgIpc) is 3.37. The monoisotopic (exact) mass is 314 g/mol. The number of carbonyl (C=O) groups excluding carboxylic acids is 1. The summed E-state index contributed by atoms with van der Waals surface area (Å²) in [5, 5.41) is 8.12. The molecule has 2 aliphatic rings. The van der Waals surface area contributed by atoms with E-state index >= 15 is 0 Å². The molecule has 122 valence electrons. The molecule has 2 aromatic rings. The Kier molecular flexibility index (Phi) is 3.56. The third-order valence-corrected chi connectivity index (χ3v) is 5.04. The topological polar surface area (TPSA) is 71.3 Å². The number of nitrogens with one attached hydrogen (secondary N) is 1. The normalized spacial score (nSPS) is 19.2. The van der Waals surface area contributed by atoms with Gasteiger partial charge in [-0.25, -0.2) is 4.98 Å². The highest BCUT2D eigenvalue weighted by Gasteiger charge is 2.30. The maximum Gasteiger partial charge on any atom is 0.259 e. The summed E-state index contributed by atoms with van der Waals surface area (Å²) in [7, 11) is 1.91. The predicted octanol–water partition coefficient (Wildman–Crippen LogP) is 2.23. The maximum atomic E-state index is 13.1. The summed E-state index contributed by atoms with van der Waals surface area (Å²) < 4.78 is 5.34. The van der Waals surface area contributed by atoms with E-state index < -0.39 is 0 Å². The second-order valence-corrected chi connectivity index (χ2v) is 6.71. The zero-order valence-corrected chi connectivity index (χ0v) is 13.6. The Balaban J connectivity index is 1.73. The summed E-state index contributed by atoms with van der Waals surface area (Å²) in [4.78, 5) is 19.6. The van der Waals surface area contributed by atoms with Crippen LogP contribution in [0, 0.1) is 6.92 Å². The summed E-state index contributed by atoms with van der Waals surface area (Å²) >= 11 is 0. The molecule has 0 spiro atoms. The van der Waals surface area contributed by atoms with Crippen LogP contribution in [0.4, 0.5) is 0 Å². The molecule has 23 heavy (non-hydrogen) atoms. The fourth-order valence-corrected chi connectivity index (χ4v) is 3.42. The van der Waals surface area contributed by atoms with Gasteiger partial charge in [-0.2, -0.15) is 0 Å². The molecule has 6 nitrogen and oxygen atoms in total. The van der Waals surface area contributed by atoms with E-state index in [0.717, 1.165) is 55.5 Å². The van der Waals surface area contributed by atoms with Crippen LogP contribution >= 0.6 is 0 Å². The van der Waals surface area contributed by atoms with Gasteiger partial charge in [0.2, 0.25) is 0 Å². The number of carbonyl (C=O) groups is 1. The number of aromatic nitrogens is 2. The number of pyridine rings is 1. The number of rotatable bonds is 3. The Labute approximate surface area is 135 Å². The molecule has 4 rings (SSSR count). The van der Waals surface area contributed by atoms with Crippen LogP contribution in [-0.2, 0) is 0 Å². The van der Waals surface area contributed by atoms with Crippen LogP contribution in [0.2, 0.25) is 0 Å². The number of piperidine rings is 1. The van der Waals surface area contributed by atoms with Crippen molar-refractivity contribution in [2.75, 3.05) is 20.1 Å². The van der Waals surface area contributed by atoms with E-state index in [2.05, 4.69) is 15.5 Å². The molecule has 0 bridgehead atoms. The lowest BCUT2D eigenvalue weighted by Gasteiger charge is -2.31. The fraction of sp³-hybridized carbons (Fsp3) is 0.588. The van der Waals surface area contributed by atoms with E-state index in [1.165, 1.54) is 0 Å². The Morgan fingerprint density at radius 1 is 1.30 bits per heavy atom. The van der Waals surface area contributed by atoms with Crippen molar-refractivity contribution >= 4 is 17.0 Å². The van der Waals surface area contributed by atoms with Crippen LogP contribution in [0.25, 0.3) is 11.1 Å². The number of fused-ring (bicyclic) bond motifs is 1. The molecule has 1 saturated heterocycles. The van der Waals surface area contributed by atoms with Gasteiger partial charge in [-0.05, 0) is 51.8 Å². The predicted molar refractivity (Wildman–Crippen MR) is 86.5 cm³/mol. The van der Waals surface area contributed by atoms with Crippen LogP contribution in [-0.4, -0.2) is 47.1 Å². The number of aryl methyl sites for hydroxylation is 1. The van der Waals surface area contributed by atoms with E-state index in [9.17, 15) is 4.79 Å². The first-order chi connectivity index (χ1) is 11.1. The average molecular weight is 314 g/mol. The summed E-state index contributed by atoms with van der Waals surface area (Å²) in [6, 6.07) is 2.25. The van der Waals surface area contributed by atoms with Crippen molar-refractivity contribution in [1.82, 2.24) is 20.4 Å². The second-order valence-electron chi connectivity index (χ2n) is 6.71. The van der Waals surface area contributed by atoms with Crippen LogP contribution in [0.3, 0.4) is 0 Å². The van der Waals surface area contributed by atoms with E-state index in [1.54, 1.807) is 0 Å². The minimum Gasteiger partial charge on any atom is -0.339 e. The maximum absolute atomic E-state index is 13.1. The minimum absolute atomic E-state index is 0.0532. The zero-order chi connectivity index (χ0) is 16.0. The van der Waals surface area contributed by atoms with E-state index in [1.807, 2.05) is 24.9 Å². The third kappa shape index (κ3) is 2.61. The van der Waals surface area contributed by atoms with Crippen molar-refractivity contribution in [3.8, 4) is 0 Å². The molecule has 0 aromatic carbocycles. The number of hydrogen-bond donors (Lipinski definition) is 1. The van der Waals surface area contributed by atoms with E-state index in [4.69, 9.17) is 4.52 Å². The molecule has 0 atom stereocenters. The van der Waals surface area contributed by atoms with Crippen molar-refractivity contribution in [3.05, 3.63) is 23.0 Å². The van der Waals surface area contributed by atoms with Crippen molar-refractivity contribution in [1.29, 1.82) is 0 Å². The quantitative estimate of drug-likeness (QED) is 0.940. The highest BCUT2D eigenvalue weighted by Crippen LogP contribution is 2.40. The highest BCUT2D eigenvalue weighted by molar-refractivity contribution is 6.06. The van der Waals surface area contributed by atoms with Gasteiger partial charge in [0, 0.05) is 24.7 Å². The molecule has 0 unspecified atom stereocenters. The number of nitrogens with zero attached hydrogens (tertiary/aromatic N) is 3. The molecule has 1 N–H and O–H groups in total. The van der Waals surface area contributed by atoms with Gasteiger partial charge < -0.3 is 14.7 Å². The van der Waals surface area contributed by atoms with Gasteiger partial charge in [0.25, 0.3) is 11.6 Å². The van der Waals surface area contributed by atoms with Crippen LogP contribution in [0.15, 0.2) is 10.6 Å². The number of amides is 1. The molecule has 3 heterocycles. The molecular formula is C17H22N4O2. The molecule has 2 fully saturated rings. The summed E-state index contributed by atoms with van der Waals surface area (Å²) in [6.45, 7) is 3.80. The smallest absolute Gasteiger partial charge is 0.259 e. The van der Waals surface area contributed by atoms with Gasteiger partial charge in [-0.1, -0.05) is 5.16 Å². The molecule has 1 saturated carbocycles. The summed E-state index contributed by atoms with van der Waals surface area (Å²) in [6.07, 6.45) is 4.27. The SMILES string of the molecule is Cc1noc2nc(C3CC3)cc(C(=O)N(C)C3CCNCC3)c12. The van der Waals surface area contributed by atoms with Gasteiger partial charge in [-0.3, -0.25) is 4.79 Å². The standard InChI is InChI=1S/C17H22N4O2/c1-10-15-13(17(22)21(2)12-5-7-18-8-6-12)9-14(11-3-4-11)19-16(15)23-20-10/h9,11-12,18H,3-8H2,1-2H3. The summed E-state index contributed by atoms with van der Waals surface area (Å²) in [5.41, 5.74) is 2.89. The Morgan fingerprint density at radius 3 is 2.74 bits per heavy atom. The number of hydrogen-bond acceptors (Lipinski definition) is 5.